The summed E-state index contributed by atoms with van der Waals surface area (Å²) in [4.78, 5) is 8.23. The Morgan fingerprint density at radius 2 is 1.48 bits per heavy atom. The van der Waals surface area contributed by atoms with E-state index in [4.69, 9.17) is 0 Å². The third kappa shape index (κ3) is 3.60. The summed E-state index contributed by atoms with van der Waals surface area (Å²) in [6.45, 7) is 22.7. The van der Waals surface area contributed by atoms with Gasteiger partial charge in [-0.15, -0.1) is 0 Å². The zero-order chi connectivity index (χ0) is 17.0. The lowest BCUT2D eigenvalue weighted by atomic mass is 9.97. The zero-order valence-corrected chi connectivity index (χ0v) is 16.4. The minimum atomic E-state index is 0.266. The summed E-state index contributed by atoms with van der Waals surface area (Å²) >= 11 is 0. The first-order chi connectivity index (χ1) is 10.6. The molecule has 0 aromatic heterocycles. The summed E-state index contributed by atoms with van der Waals surface area (Å²) in [5, 5.41) is 3.66. The van der Waals surface area contributed by atoms with Gasteiger partial charge in [0.15, 0.2) is 0 Å². The molecule has 3 saturated heterocycles. The number of rotatable bonds is 3. The van der Waals surface area contributed by atoms with Gasteiger partial charge in [-0.05, 0) is 54.9 Å². The van der Waals surface area contributed by atoms with Crippen molar-refractivity contribution < 1.29 is 0 Å². The van der Waals surface area contributed by atoms with Gasteiger partial charge in [-0.2, -0.15) is 0 Å². The van der Waals surface area contributed by atoms with Crippen molar-refractivity contribution in [3.8, 4) is 0 Å². The van der Waals surface area contributed by atoms with E-state index in [9.17, 15) is 0 Å². The molecule has 3 heterocycles. The molecule has 0 spiro atoms. The molecule has 3 rings (SSSR count). The Morgan fingerprint density at radius 1 is 0.870 bits per heavy atom. The van der Waals surface area contributed by atoms with Gasteiger partial charge in [-0.1, -0.05) is 0 Å². The van der Waals surface area contributed by atoms with Crippen molar-refractivity contribution in [1.82, 2.24) is 20.0 Å². The number of hydrogen-bond acceptors (Lipinski definition) is 4. The van der Waals surface area contributed by atoms with E-state index in [0.29, 0.717) is 17.6 Å². The Hall–Kier alpha value is -0.160. The van der Waals surface area contributed by atoms with E-state index in [1.165, 1.54) is 39.1 Å². The molecular formula is C19H38N4. The van der Waals surface area contributed by atoms with Crippen LogP contribution in [0.4, 0.5) is 0 Å². The number of fused-ring (bicyclic) bond motifs is 2. The second-order valence-electron chi connectivity index (χ2n) is 9.98. The van der Waals surface area contributed by atoms with Crippen molar-refractivity contribution in [2.75, 3.05) is 32.7 Å². The van der Waals surface area contributed by atoms with E-state index in [1.54, 1.807) is 0 Å². The van der Waals surface area contributed by atoms with Gasteiger partial charge >= 0.3 is 0 Å². The van der Waals surface area contributed by atoms with Gasteiger partial charge in [0.1, 0.15) is 0 Å². The molecule has 0 aromatic carbocycles. The van der Waals surface area contributed by atoms with Crippen LogP contribution < -0.4 is 5.32 Å². The Balaban J connectivity index is 1.60. The molecule has 1 N–H and O–H groups in total. The van der Waals surface area contributed by atoms with E-state index >= 15 is 0 Å². The molecule has 0 radical (unpaired) electrons. The summed E-state index contributed by atoms with van der Waals surface area (Å²) in [6.07, 6.45) is 1.38. The number of likely N-dealkylation sites (tertiary alicyclic amines) is 2. The standard InChI is InChI=1S/C19H38N4/c1-14-9-22(10-15(2)20-14)19(6,7)13-21-11-17-8-16(21)12-23(17)18(3,4)5/h14-17,20H,8-13H2,1-7H3/t14-,15-,16-,17-/m1/s1. The fourth-order valence-electron chi connectivity index (χ4n) is 5.18. The fraction of sp³-hybridized carbons (Fsp3) is 1.00. The van der Waals surface area contributed by atoms with Crippen molar-refractivity contribution >= 4 is 0 Å². The first-order valence-corrected chi connectivity index (χ1v) is 9.58. The highest BCUT2D eigenvalue weighted by Gasteiger charge is 2.48. The molecule has 4 nitrogen and oxygen atoms in total. The van der Waals surface area contributed by atoms with Crippen LogP contribution in [0.5, 0.6) is 0 Å². The van der Waals surface area contributed by atoms with Crippen LogP contribution in [-0.4, -0.2) is 82.7 Å². The smallest absolute Gasteiger partial charge is 0.0281 e. The largest absolute Gasteiger partial charge is 0.309 e. The zero-order valence-electron chi connectivity index (χ0n) is 16.4. The van der Waals surface area contributed by atoms with Crippen LogP contribution in [0.3, 0.4) is 0 Å². The van der Waals surface area contributed by atoms with Crippen molar-refractivity contribution in [3.63, 3.8) is 0 Å². The van der Waals surface area contributed by atoms with E-state index in [0.717, 1.165) is 12.1 Å². The summed E-state index contributed by atoms with van der Waals surface area (Å²) in [6, 6.07) is 2.75. The second-order valence-corrected chi connectivity index (χ2v) is 9.98. The summed E-state index contributed by atoms with van der Waals surface area (Å²) in [5.41, 5.74) is 0.589. The normalized spacial score (nSPS) is 37.7. The third-order valence-electron chi connectivity index (χ3n) is 6.22. The highest BCUT2D eigenvalue weighted by molar-refractivity contribution is 5.05. The second kappa shape index (κ2) is 5.98. The lowest BCUT2D eigenvalue weighted by molar-refractivity contribution is 0.00651. The number of nitrogens with zero attached hydrogens (tertiary/aromatic N) is 3. The molecule has 4 atom stereocenters. The predicted molar refractivity (Wildman–Crippen MR) is 97.9 cm³/mol. The Bertz CT molecular complexity index is 418. The predicted octanol–water partition coefficient (Wildman–Crippen LogP) is 2.00. The van der Waals surface area contributed by atoms with Crippen molar-refractivity contribution in [3.05, 3.63) is 0 Å². The first-order valence-electron chi connectivity index (χ1n) is 9.58. The number of piperazine rings is 2. The van der Waals surface area contributed by atoms with Gasteiger partial charge in [0, 0.05) is 68.0 Å². The molecule has 23 heavy (non-hydrogen) atoms. The van der Waals surface area contributed by atoms with Crippen LogP contribution in [-0.2, 0) is 0 Å². The van der Waals surface area contributed by atoms with Crippen LogP contribution in [0, 0.1) is 0 Å². The Kier molecular flexibility index (Phi) is 4.59. The quantitative estimate of drug-likeness (QED) is 0.858. The molecule has 3 aliphatic heterocycles. The average molecular weight is 323 g/mol. The maximum Gasteiger partial charge on any atom is 0.0281 e. The Morgan fingerprint density at radius 3 is 1.96 bits per heavy atom. The van der Waals surface area contributed by atoms with Crippen molar-refractivity contribution in [2.24, 2.45) is 0 Å². The first kappa shape index (κ1) is 17.7. The summed E-state index contributed by atoms with van der Waals surface area (Å²) in [5.74, 6) is 0. The van der Waals surface area contributed by atoms with Crippen LogP contribution in [0.15, 0.2) is 0 Å². The van der Waals surface area contributed by atoms with Crippen molar-refractivity contribution in [2.45, 2.75) is 90.1 Å². The SMILES string of the molecule is C[C@@H]1CN(C(C)(C)CN2C[C@H]3C[C@@H]2CN3C(C)(C)C)C[C@@H](C)N1. The molecule has 0 aromatic rings. The van der Waals surface area contributed by atoms with E-state index in [-0.39, 0.29) is 5.54 Å². The fourth-order valence-corrected chi connectivity index (χ4v) is 5.18. The maximum absolute atomic E-state index is 3.66. The molecule has 3 aliphatic rings. The summed E-state index contributed by atoms with van der Waals surface area (Å²) < 4.78 is 0. The molecule has 3 fully saturated rings. The van der Waals surface area contributed by atoms with Gasteiger partial charge in [0.05, 0.1) is 0 Å². The number of hydrogen-bond donors (Lipinski definition) is 1. The van der Waals surface area contributed by atoms with Gasteiger partial charge in [0.25, 0.3) is 0 Å². The lowest BCUT2D eigenvalue weighted by Crippen LogP contribution is -2.64. The Labute approximate surface area is 143 Å². The minimum absolute atomic E-state index is 0.266. The lowest BCUT2D eigenvalue weighted by Gasteiger charge is -2.49. The minimum Gasteiger partial charge on any atom is -0.309 e. The monoisotopic (exact) mass is 322 g/mol. The van der Waals surface area contributed by atoms with E-state index < -0.39 is 0 Å². The van der Waals surface area contributed by atoms with Crippen molar-refractivity contribution in [1.29, 1.82) is 0 Å². The van der Waals surface area contributed by atoms with Crippen LogP contribution in [0.25, 0.3) is 0 Å². The topological polar surface area (TPSA) is 21.8 Å². The van der Waals surface area contributed by atoms with E-state index in [1.807, 2.05) is 0 Å². The van der Waals surface area contributed by atoms with Crippen LogP contribution in [0.1, 0.15) is 54.9 Å². The highest BCUT2D eigenvalue weighted by Crippen LogP contribution is 2.36. The van der Waals surface area contributed by atoms with E-state index in [2.05, 4.69) is 68.5 Å². The molecule has 0 amide bonds. The maximum atomic E-state index is 3.66. The third-order valence-corrected chi connectivity index (χ3v) is 6.22. The highest BCUT2D eigenvalue weighted by atomic mass is 15.4. The van der Waals surface area contributed by atoms with Crippen LogP contribution >= 0.6 is 0 Å². The van der Waals surface area contributed by atoms with Gasteiger partial charge < -0.3 is 5.32 Å². The average Bonchev–Trinajstić information content (AvgIpc) is 2.95. The molecule has 0 saturated carbocycles. The molecule has 2 bridgehead atoms. The van der Waals surface area contributed by atoms with Gasteiger partial charge in [-0.3, -0.25) is 14.7 Å². The van der Waals surface area contributed by atoms with Gasteiger partial charge in [-0.25, -0.2) is 0 Å². The van der Waals surface area contributed by atoms with Crippen LogP contribution in [0.2, 0.25) is 0 Å². The molecule has 0 unspecified atom stereocenters. The summed E-state index contributed by atoms with van der Waals surface area (Å²) in [7, 11) is 0. The molecular weight excluding hydrogens is 284 g/mol. The molecule has 0 aliphatic carbocycles. The molecule has 134 valence electrons. The van der Waals surface area contributed by atoms with Gasteiger partial charge in [0.2, 0.25) is 0 Å². The number of nitrogens with one attached hydrogen (secondary N) is 1. The molecule has 4 heteroatoms.